The summed E-state index contributed by atoms with van der Waals surface area (Å²) in [7, 11) is 0. The van der Waals surface area contributed by atoms with Crippen LogP contribution in [0.5, 0.6) is 5.75 Å². The first-order valence-electron chi connectivity index (χ1n) is 32.1. The van der Waals surface area contributed by atoms with E-state index in [1.54, 1.807) is 44.2 Å². The molecule has 13 atom stereocenters. The van der Waals surface area contributed by atoms with E-state index in [9.17, 15) is 67.7 Å². The van der Waals surface area contributed by atoms with Gasteiger partial charge in [-0.25, -0.2) is 4.79 Å². The van der Waals surface area contributed by atoms with Crippen molar-refractivity contribution < 1.29 is 67.7 Å². The van der Waals surface area contributed by atoms with Crippen LogP contribution < -0.4 is 64.6 Å². The van der Waals surface area contributed by atoms with Crippen molar-refractivity contribution >= 4 is 102 Å². The Morgan fingerprint density at radius 1 is 0.574 bits per heavy atom. The summed E-state index contributed by atoms with van der Waals surface area (Å²) in [6.45, 7) is 10.9. The average molecular weight is 1350 g/mol. The van der Waals surface area contributed by atoms with Crippen LogP contribution in [0.2, 0.25) is 0 Å². The molecule has 3 saturated heterocycles. The number of hydrogen-bond donors (Lipinski definition) is 16. The number of phenolic OH excluding ortho intramolecular Hbond substituents is 1. The zero-order valence-electron chi connectivity index (χ0n) is 54.2. The summed E-state index contributed by atoms with van der Waals surface area (Å²) in [6.07, 6.45) is 3.20. The lowest BCUT2D eigenvalue weighted by Crippen LogP contribution is -2.61. The van der Waals surface area contributed by atoms with Gasteiger partial charge in [0.2, 0.25) is 65.0 Å². The fourth-order valence-electron chi connectivity index (χ4n) is 11.3. The number of carbonyl (C=O) groups excluding carboxylic acids is 11. The molecule has 0 aliphatic carbocycles. The maximum atomic E-state index is 14.6. The Labute approximate surface area is 559 Å². The van der Waals surface area contributed by atoms with E-state index >= 15 is 0 Å². The first-order valence-corrected chi connectivity index (χ1v) is 33.3. The van der Waals surface area contributed by atoms with Crippen molar-refractivity contribution in [2.75, 3.05) is 37.7 Å². The number of nitrogens with zero attached hydrogens (tertiary/aromatic N) is 3. The summed E-state index contributed by atoms with van der Waals surface area (Å²) in [4.78, 5) is 173. The third-order valence-electron chi connectivity index (χ3n) is 16.8. The van der Waals surface area contributed by atoms with Crippen LogP contribution in [0.3, 0.4) is 0 Å². The number of hydrogen-bond acceptors (Lipinski definition) is 17. The summed E-state index contributed by atoms with van der Waals surface area (Å²) in [5, 5.41) is 47.1. The first-order chi connectivity index (χ1) is 44.7. The minimum absolute atomic E-state index is 0.0163. The minimum atomic E-state index is -1.44. The lowest BCUT2D eigenvalue weighted by molar-refractivity contribution is -0.150. The van der Waals surface area contributed by atoms with Crippen molar-refractivity contribution in [2.45, 2.75) is 191 Å². The molecule has 11 amide bonds. The number of likely N-dealkylation sites (tertiary alicyclic amines) is 2. The lowest BCUT2D eigenvalue weighted by atomic mass is 9.96. The number of rotatable bonds is 35. The first kappa shape index (κ1) is 76.5. The molecule has 5 rings (SSSR count). The molecule has 518 valence electrons. The van der Waals surface area contributed by atoms with E-state index in [2.05, 4.69) is 83.4 Å². The summed E-state index contributed by atoms with van der Waals surface area (Å²) in [5.74, 6) is -10.2. The van der Waals surface area contributed by atoms with Crippen molar-refractivity contribution in [3.63, 3.8) is 0 Å². The molecule has 3 aliphatic heterocycles. The molecule has 0 radical (unpaired) electrons. The Hall–Kier alpha value is -8.19. The van der Waals surface area contributed by atoms with Gasteiger partial charge in [0, 0.05) is 44.0 Å². The molecule has 2 aromatic rings. The topological polar surface area (TPSA) is 436 Å². The van der Waals surface area contributed by atoms with Crippen LogP contribution in [0.1, 0.15) is 117 Å². The van der Waals surface area contributed by atoms with E-state index in [1.807, 2.05) is 13.8 Å². The SMILES string of the molecule is CC[C@H](C)[C@H](NC(=O)[C@H](Cc1ccc(O)cc1)NC(=O)[C@H](C)NC(=O)[C@H](Cc1ccccc1)NC(=O)[C@H](CS)NC(=O)[C@H](CS)NC(=O)[C@@H]1CCCN1)C(=O)N[C@@H](C)C(=O)N[C@@H](CCCN=C(N)N)C(=O)N1CCC[C@H]1C(=O)N[C@@H](CC(C)C)C(=O)N1CCC[C@H]1C(=O)O. The van der Waals surface area contributed by atoms with Crippen LogP contribution in [0.25, 0.3) is 0 Å². The maximum Gasteiger partial charge on any atom is 0.326 e. The number of phenols is 1. The number of nitrogens with two attached hydrogens (primary N) is 2. The van der Waals surface area contributed by atoms with Crippen molar-refractivity contribution in [1.82, 2.24) is 63.0 Å². The van der Waals surface area contributed by atoms with Gasteiger partial charge >= 0.3 is 5.97 Å². The highest BCUT2D eigenvalue weighted by Gasteiger charge is 2.43. The number of benzene rings is 2. The van der Waals surface area contributed by atoms with Gasteiger partial charge in [-0.3, -0.25) is 57.7 Å². The van der Waals surface area contributed by atoms with Crippen LogP contribution in [0.4, 0.5) is 0 Å². The number of carboxylic acids is 1. The molecule has 16 N–H and O–H groups in total. The van der Waals surface area contributed by atoms with E-state index in [0.717, 1.165) is 6.42 Å². The molecular weight excluding hydrogens is 1250 g/mol. The molecule has 31 heteroatoms. The minimum Gasteiger partial charge on any atom is -0.508 e. The summed E-state index contributed by atoms with van der Waals surface area (Å²) >= 11 is 8.53. The average Bonchev–Trinajstić information content (AvgIpc) is 1.60. The van der Waals surface area contributed by atoms with Gasteiger partial charge in [-0.05, 0) is 113 Å². The van der Waals surface area contributed by atoms with Crippen LogP contribution in [-0.4, -0.2) is 207 Å². The number of aliphatic imine (C=N–C) groups is 1. The van der Waals surface area contributed by atoms with Crippen LogP contribution in [0, 0.1) is 11.8 Å². The summed E-state index contributed by atoms with van der Waals surface area (Å²) < 4.78 is 0. The molecule has 0 bridgehead atoms. The van der Waals surface area contributed by atoms with E-state index in [-0.39, 0.29) is 93.7 Å². The van der Waals surface area contributed by atoms with Gasteiger partial charge in [-0.1, -0.05) is 76.6 Å². The zero-order chi connectivity index (χ0) is 69.3. The number of thiol groups is 2. The molecule has 3 fully saturated rings. The Bertz CT molecular complexity index is 2990. The molecule has 3 aliphatic rings. The van der Waals surface area contributed by atoms with Crippen LogP contribution >= 0.6 is 25.3 Å². The Balaban J connectivity index is 1.29. The van der Waals surface area contributed by atoms with Crippen LogP contribution in [0.15, 0.2) is 59.6 Å². The van der Waals surface area contributed by atoms with Crippen molar-refractivity contribution in [1.29, 1.82) is 0 Å². The Morgan fingerprint density at radius 3 is 1.61 bits per heavy atom. The second-order valence-corrected chi connectivity index (χ2v) is 25.3. The molecule has 0 unspecified atom stereocenters. The molecule has 2 aromatic carbocycles. The van der Waals surface area contributed by atoms with Crippen molar-refractivity contribution in [3.05, 3.63) is 65.7 Å². The second kappa shape index (κ2) is 37.6. The number of aliphatic carboxylic acids is 1. The fraction of sp³-hybridized carbons (Fsp3) is 0.603. The van der Waals surface area contributed by atoms with Crippen molar-refractivity contribution in [2.24, 2.45) is 28.3 Å². The Morgan fingerprint density at radius 2 is 1.06 bits per heavy atom. The van der Waals surface area contributed by atoms with E-state index in [4.69, 9.17) is 11.5 Å². The van der Waals surface area contributed by atoms with Gasteiger partial charge < -0.3 is 84.6 Å². The molecule has 0 saturated carbocycles. The third-order valence-corrected chi connectivity index (χ3v) is 17.5. The predicted octanol–water partition coefficient (Wildman–Crippen LogP) is -1.60. The number of guanidine groups is 1. The highest BCUT2D eigenvalue weighted by atomic mass is 32.1. The number of nitrogens with one attached hydrogen (secondary N) is 10. The van der Waals surface area contributed by atoms with Gasteiger partial charge in [-0.15, -0.1) is 0 Å². The second-order valence-electron chi connectivity index (χ2n) is 24.6. The van der Waals surface area contributed by atoms with Crippen molar-refractivity contribution in [3.8, 4) is 5.75 Å². The molecule has 29 nitrogen and oxygen atoms in total. The normalized spacial score (nSPS) is 19.2. The summed E-state index contributed by atoms with van der Waals surface area (Å²) in [6, 6.07) is 0.303. The highest BCUT2D eigenvalue weighted by Crippen LogP contribution is 2.24. The maximum absolute atomic E-state index is 14.6. The van der Waals surface area contributed by atoms with Gasteiger partial charge in [0.25, 0.3) is 0 Å². The molecule has 94 heavy (non-hydrogen) atoms. The Kier molecular flexibility index (Phi) is 30.6. The molecule has 0 spiro atoms. The van der Waals surface area contributed by atoms with E-state index < -0.39 is 149 Å². The summed E-state index contributed by atoms with van der Waals surface area (Å²) in [5.41, 5.74) is 12.2. The third kappa shape index (κ3) is 23.1. The quantitative estimate of drug-likeness (QED) is 0.0160. The zero-order valence-corrected chi connectivity index (χ0v) is 56.0. The highest BCUT2D eigenvalue weighted by molar-refractivity contribution is 7.80. The largest absolute Gasteiger partial charge is 0.508 e. The van der Waals surface area contributed by atoms with Gasteiger partial charge in [0.1, 0.15) is 72.2 Å². The predicted molar refractivity (Wildman–Crippen MR) is 355 cm³/mol. The fourth-order valence-corrected chi connectivity index (χ4v) is 11.8. The smallest absolute Gasteiger partial charge is 0.326 e. The van der Waals surface area contributed by atoms with Gasteiger partial charge in [0.05, 0.1) is 6.04 Å². The van der Waals surface area contributed by atoms with E-state index in [1.165, 1.54) is 47.9 Å². The number of carboxylic acid groups (broad SMARTS) is 1. The number of carbonyl (C=O) groups is 12. The molecular formula is C63H95N15O14S2. The van der Waals surface area contributed by atoms with Gasteiger partial charge in [0.15, 0.2) is 5.96 Å². The number of amides is 11. The van der Waals surface area contributed by atoms with Crippen LogP contribution in [-0.2, 0) is 70.4 Å². The standard InChI is InChI=1S/C63H95N15O14S2/c1-7-35(4)50(59(88)69-37(6)51(80)70-42(18-12-26-67-63(64)65)60(89)77-27-13-19-48(77)58(87)73-45(29-34(2)3)61(90)78-28-14-20-49(78)62(91)92)76-55(84)44(31-39-21-23-40(79)24-22-39)71-52(81)36(5)68-54(83)43(30-38-15-9-8-10-16-38)72-56(85)46(32-93)75-57(86)47(33-94)74-53(82)41-17-11-25-66-41/h8-10,15-16,21-24,34-37,41-50,66,79,93-94H,7,11-14,17-20,25-33H2,1-6H3,(H,68,83)(H,69,88)(H,70,80)(H,71,81)(H,72,85)(H,73,87)(H,74,82)(H,75,86)(H,76,84)(H,91,92)(H4,64,65,67)/t35-,36-,37-,41-,42-,43-,44-,45-,46-,47-,48-,49-,50-/m0/s1. The number of aromatic hydroxyl groups is 1. The molecule has 0 aromatic heterocycles. The monoisotopic (exact) mass is 1350 g/mol. The van der Waals surface area contributed by atoms with E-state index in [0.29, 0.717) is 43.4 Å². The molecule has 3 heterocycles. The lowest BCUT2D eigenvalue weighted by Gasteiger charge is -2.32. The van der Waals surface area contributed by atoms with Gasteiger partial charge in [-0.2, -0.15) is 25.3 Å².